The maximum absolute atomic E-state index is 11.9. The minimum atomic E-state index is -1.13. The molecule has 0 spiro atoms. The van der Waals surface area contributed by atoms with Crippen LogP contribution in [-0.4, -0.2) is 23.2 Å². The third kappa shape index (κ3) is 5.06. The van der Waals surface area contributed by atoms with Crippen molar-refractivity contribution in [3.63, 3.8) is 0 Å². The van der Waals surface area contributed by atoms with Crippen molar-refractivity contribution in [3.8, 4) is 0 Å². The molecular formula is C12H18ClNO2S. The molecule has 1 aromatic rings. The molecule has 0 aliphatic heterocycles. The number of ether oxygens (including phenoxy) is 1. The summed E-state index contributed by atoms with van der Waals surface area (Å²) in [5.74, 6) is 0.947. The van der Waals surface area contributed by atoms with E-state index in [-0.39, 0.29) is 0 Å². The third-order valence-electron chi connectivity index (χ3n) is 2.08. The summed E-state index contributed by atoms with van der Waals surface area (Å²) in [6.45, 7) is 5.32. The van der Waals surface area contributed by atoms with Crippen molar-refractivity contribution in [2.24, 2.45) is 5.92 Å². The van der Waals surface area contributed by atoms with Crippen molar-refractivity contribution in [1.29, 1.82) is 0 Å². The lowest BCUT2D eigenvalue weighted by Crippen LogP contribution is -2.10. The van der Waals surface area contributed by atoms with E-state index >= 15 is 0 Å². The first-order valence-corrected chi connectivity index (χ1v) is 7.21. The molecule has 1 rings (SSSR count). The van der Waals surface area contributed by atoms with Gasteiger partial charge in [0.1, 0.15) is 0 Å². The van der Waals surface area contributed by atoms with E-state index in [1.165, 1.54) is 0 Å². The summed E-state index contributed by atoms with van der Waals surface area (Å²) in [5, 5.41) is 0.555. The molecule has 2 N–H and O–H groups in total. The summed E-state index contributed by atoms with van der Waals surface area (Å²) in [6.07, 6.45) is 0. The molecule has 0 aliphatic rings. The Balaban J connectivity index is 2.47. The van der Waals surface area contributed by atoms with E-state index in [9.17, 15) is 4.21 Å². The van der Waals surface area contributed by atoms with Crippen LogP contribution in [0.15, 0.2) is 23.1 Å². The number of hydrogen-bond donors (Lipinski definition) is 1. The fourth-order valence-electron chi connectivity index (χ4n) is 1.29. The largest absolute Gasteiger partial charge is 0.398 e. The molecule has 17 heavy (non-hydrogen) atoms. The van der Waals surface area contributed by atoms with Gasteiger partial charge in [-0.05, 0) is 24.1 Å². The Labute approximate surface area is 110 Å². The molecule has 0 saturated carbocycles. The highest BCUT2D eigenvalue weighted by Gasteiger charge is 2.08. The first kappa shape index (κ1) is 14.5. The van der Waals surface area contributed by atoms with Crippen LogP contribution in [0.2, 0.25) is 5.02 Å². The molecule has 0 amide bonds. The zero-order valence-corrected chi connectivity index (χ0v) is 11.7. The Morgan fingerprint density at radius 3 is 2.76 bits per heavy atom. The molecule has 0 aromatic heterocycles. The highest BCUT2D eigenvalue weighted by molar-refractivity contribution is 7.85. The van der Waals surface area contributed by atoms with Gasteiger partial charge < -0.3 is 10.5 Å². The normalized spacial score (nSPS) is 12.9. The molecule has 1 unspecified atom stereocenters. The maximum atomic E-state index is 11.9. The molecule has 0 bridgehead atoms. The summed E-state index contributed by atoms with van der Waals surface area (Å²) < 4.78 is 17.3. The lowest BCUT2D eigenvalue weighted by Gasteiger charge is -2.08. The molecule has 0 fully saturated rings. The first-order chi connectivity index (χ1) is 8.00. The molecule has 5 heteroatoms. The van der Waals surface area contributed by atoms with Gasteiger partial charge in [-0.3, -0.25) is 4.21 Å². The zero-order chi connectivity index (χ0) is 12.8. The number of nitrogen functional groups attached to an aromatic ring is 1. The minimum absolute atomic E-state index is 0.457. The topological polar surface area (TPSA) is 52.3 Å². The van der Waals surface area contributed by atoms with Gasteiger partial charge in [0.25, 0.3) is 0 Å². The van der Waals surface area contributed by atoms with Crippen LogP contribution < -0.4 is 5.73 Å². The van der Waals surface area contributed by atoms with Crippen LogP contribution in [0.3, 0.4) is 0 Å². The van der Waals surface area contributed by atoms with Gasteiger partial charge in [-0.15, -0.1) is 0 Å². The van der Waals surface area contributed by atoms with Crippen molar-refractivity contribution < 1.29 is 8.95 Å². The van der Waals surface area contributed by atoms with Gasteiger partial charge in [0.15, 0.2) is 0 Å². The van der Waals surface area contributed by atoms with E-state index in [1.807, 2.05) is 0 Å². The van der Waals surface area contributed by atoms with Crippen molar-refractivity contribution in [2.75, 3.05) is 24.7 Å². The van der Waals surface area contributed by atoms with Gasteiger partial charge in [0.2, 0.25) is 0 Å². The molecule has 3 nitrogen and oxygen atoms in total. The average Bonchev–Trinajstić information content (AvgIpc) is 2.23. The van der Waals surface area contributed by atoms with E-state index in [1.54, 1.807) is 18.2 Å². The molecule has 1 atom stereocenters. The van der Waals surface area contributed by atoms with Crippen molar-refractivity contribution in [3.05, 3.63) is 23.2 Å². The van der Waals surface area contributed by atoms with Gasteiger partial charge in [-0.2, -0.15) is 0 Å². The SMILES string of the molecule is CC(C)COCCS(=O)c1ccc(Cl)cc1N. The first-order valence-electron chi connectivity index (χ1n) is 5.52. The van der Waals surface area contributed by atoms with Crippen molar-refractivity contribution in [1.82, 2.24) is 0 Å². The molecule has 1 aromatic carbocycles. The molecule has 0 saturated heterocycles. The fraction of sp³-hybridized carbons (Fsp3) is 0.500. The average molecular weight is 276 g/mol. The summed E-state index contributed by atoms with van der Waals surface area (Å²) in [5.41, 5.74) is 6.23. The summed E-state index contributed by atoms with van der Waals surface area (Å²) in [6, 6.07) is 5.01. The van der Waals surface area contributed by atoms with Crippen LogP contribution in [0.25, 0.3) is 0 Å². The van der Waals surface area contributed by atoms with Crippen LogP contribution in [-0.2, 0) is 15.5 Å². The second-order valence-electron chi connectivity index (χ2n) is 4.20. The number of anilines is 1. The van der Waals surface area contributed by atoms with E-state index in [0.29, 0.717) is 40.5 Å². The Kier molecular flexibility index (Phi) is 5.95. The Morgan fingerprint density at radius 2 is 2.18 bits per heavy atom. The highest BCUT2D eigenvalue weighted by atomic mass is 35.5. The van der Waals surface area contributed by atoms with Crippen molar-refractivity contribution >= 4 is 28.1 Å². The molecule has 0 aliphatic carbocycles. The van der Waals surface area contributed by atoms with E-state index in [0.717, 1.165) is 0 Å². The molecule has 0 radical (unpaired) electrons. The number of halogens is 1. The number of hydrogen-bond acceptors (Lipinski definition) is 3. The van der Waals surface area contributed by atoms with Crippen LogP contribution in [0.4, 0.5) is 5.69 Å². The lowest BCUT2D eigenvalue weighted by atomic mass is 10.2. The standard InChI is InChI=1S/C12H18ClNO2S/c1-9(2)8-16-5-6-17(15)12-4-3-10(13)7-11(12)14/h3-4,7,9H,5-6,8,14H2,1-2H3. The smallest absolute Gasteiger partial charge is 0.0619 e. The lowest BCUT2D eigenvalue weighted by molar-refractivity contribution is 0.123. The van der Waals surface area contributed by atoms with Crippen LogP contribution >= 0.6 is 11.6 Å². The molecular weight excluding hydrogens is 258 g/mol. The molecule has 0 heterocycles. The number of rotatable bonds is 6. The van der Waals surface area contributed by atoms with Crippen LogP contribution in [0, 0.1) is 5.92 Å². The highest BCUT2D eigenvalue weighted by Crippen LogP contribution is 2.21. The zero-order valence-electron chi connectivity index (χ0n) is 10.1. The van der Waals surface area contributed by atoms with E-state index in [4.69, 9.17) is 22.1 Å². The predicted molar refractivity (Wildman–Crippen MR) is 72.8 cm³/mol. The number of nitrogens with two attached hydrogens (primary N) is 1. The summed E-state index contributed by atoms with van der Waals surface area (Å²) in [7, 11) is -1.13. The number of benzene rings is 1. The van der Waals surface area contributed by atoms with E-state index in [2.05, 4.69) is 13.8 Å². The predicted octanol–water partition coefficient (Wildman–Crippen LogP) is 2.70. The fourth-order valence-corrected chi connectivity index (χ4v) is 2.50. The van der Waals surface area contributed by atoms with Crippen LogP contribution in [0.5, 0.6) is 0 Å². The second-order valence-corrected chi connectivity index (χ2v) is 6.18. The van der Waals surface area contributed by atoms with Gasteiger partial charge >= 0.3 is 0 Å². The van der Waals surface area contributed by atoms with Gasteiger partial charge in [-0.1, -0.05) is 25.4 Å². The van der Waals surface area contributed by atoms with E-state index < -0.39 is 10.8 Å². The molecule has 96 valence electrons. The van der Waals surface area contributed by atoms with Crippen molar-refractivity contribution in [2.45, 2.75) is 18.7 Å². The Morgan fingerprint density at radius 1 is 1.47 bits per heavy atom. The van der Waals surface area contributed by atoms with Gasteiger partial charge in [-0.25, -0.2) is 0 Å². The quantitative estimate of drug-likeness (QED) is 0.641. The van der Waals surface area contributed by atoms with Crippen LogP contribution in [0.1, 0.15) is 13.8 Å². The second kappa shape index (κ2) is 6.99. The van der Waals surface area contributed by atoms with Gasteiger partial charge in [0.05, 0.1) is 28.1 Å². The summed E-state index contributed by atoms with van der Waals surface area (Å²) in [4.78, 5) is 0.627. The monoisotopic (exact) mass is 275 g/mol. The Hall–Kier alpha value is -0.580. The summed E-state index contributed by atoms with van der Waals surface area (Å²) >= 11 is 5.78. The third-order valence-corrected chi connectivity index (χ3v) is 3.72. The Bertz CT molecular complexity index is 396. The maximum Gasteiger partial charge on any atom is 0.0619 e. The minimum Gasteiger partial charge on any atom is -0.398 e. The van der Waals surface area contributed by atoms with Gasteiger partial charge in [0, 0.05) is 17.3 Å².